The fourth-order valence-electron chi connectivity index (χ4n) is 6.67. The van der Waals surface area contributed by atoms with E-state index in [0.29, 0.717) is 24.7 Å². The lowest BCUT2D eigenvalue weighted by Crippen LogP contribution is -2.61. The van der Waals surface area contributed by atoms with Crippen molar-refractivity contribution in [3.05, 3.63) is 11.6 Å². The van der Waals surface area contributed by atoms with Crippen LogP contribution < -0.4 is 0 Å². The van der Waals surface area contributed by atoms with Gasteiger partial charge in [0.05, 0.1) is 17.4 Å². The molecular formula is C21H33NO5S. The summed E-state index contributed by atoms with van der Waals surface area (Å²) in [5, 5.41) is 0. The van der Waals surface area contributed by atoms with Crippen molar-refractivity contribution in [3.63, 3.8) is 0 Å². The van der Waals surface area contributed by atoms with Gasteiger partial charge in [-0.25, -0.2) is 12.7 Å². The van der Waals surface area contributed by atoms with E-state index in [0.717, 1.165) is 19.3 Å². The molecule has 1 saturated heterocycles. The maximum atomic E-state index is 13.6. The summed E-state index contributed by atoms with van der Waals surface area (Å²) in [6.07, 6.45) is 4.52. The van der Waals surface area contributed by atoms with Crippen LogP contribution in [0.15, 0.2) is 11.6 Å². The molecule has 3 fully saturated rings. The highest BCUT2D eigenvalue weighted by atomic mass is 32.2. The minimum atomic E-state index is -3.67. The van der Waals surface area contributed by atoms with Gasteiger partial charge in [0.15, 0.2) is 0 Å². The van der Waals surface area contributed by atoms with Gasteiger partial charge in [0.1, 0.15) is 0 Å². The predicted octanol–water partition coefficient (Wildman–Crippen LogP) is 3.09. The van der Waals surface area contributed by atoms with Crippen molar-refractivity contribution in [3.8, 4) is 0 Å². The average Bonchev–Trinajstić information content (AvgIpc) is 3.06. The first-order valence-electron chi connectivity index (χ1n) is 10.5. The zero-order valence-electron chi connectivity index (χ0n) is 17.9. The molecule has 0 aromatic rings. The van der Waals surface area contributed by atoms with Crippen molar-refractivity contribution in [2.45, 2.75) is 72.6 Å². The lowest BCUT2D eigenvalue weighted by atomic mass is 9.66. The number of hydrogen-bond donors (Lipinski definition) is 0. The Kier molecular flexibility index (Phi) is 4.23. The summed E-state index contributed by atoms with van der Waals surface area (Å²) in [7, 11) is -3.67. The van der Waals surface area contributed by atoms with Gasteiger partial charge in [0.2, 0.25) is 15.8 Å². The molecule has 0 N–H and O–H groups in total. The molecule has 4 rings (SSSR count). The van der Waals surface area contributed by atoms with Gasteiger partial charge in [-0.1, -0.05) is 33.8 Å². The topological polar surface area (TPSA) is 72.9 Å². The predicted molar refractivity (Wildman–Crippen MR) is 106 cm³/mol. The Balaban J connectivity index is 1.75. The summed E-state index contributed by atoms with van der Waals surface area (Å²) >= 11 is 0. The smallest absolute Gasteiger partial charge is 0.268 e. The number of ether oxygens (including phenoxy) is 2. The molecule has 2 saturated carbocycles. The molecule has 28 heavy (non-hydrogen) atoms. The normalized spacial score (nSPS) is 38.1. The molecule has 3 atom stereocenters. The summed E-state index contributed by atoms with van der Waals surface area (Å²) in [6.45, 7) is 12.8. The third-order valence-corrected chi connectivity index (χ3v) is 10.1. The van der Waals surface area contributed by atoms with Gasteiger partial charge in [-0.3, -0.25) is 4.79 Å². The van der Waals surface area contributed by atoms with Gasteiger partial charge < -0.3 is 9.47 Å². The first kappa shape index (κ1) is 20.4. The number of nitrogens with zero attached hydrogens (tertiary/aromatic N) is 1. The first-order chi connectivity index (χ1) is 12.9. The van der Waals surface area contributed by atoms with E-state index in [9.17, 15) is 13.2 Å². The molecule has 2 bridgehead atoms. The second-order valence-corrected chi connectivity index (χ2v) is 11.8. The van der Waals surface area contributed by atoms with Crippen LogP contribution in [0, 0.1) is 22.2 Å². The molecule has 158 valence electrons. The van der Waals surface area contributed by atoms with Crippen molar-refractivity contribution >= 4 is 15.9 Å². The molecule has 1 amide bonds. The van der Waals surface area contributed by atoms with Gasteiger partial charge in [0, 0.05) is 24.0 Å². The molecule has 1 aliphatic heterocycles. The molecule has 1 heterocycles. The molecule has 3 aliphatic carbocycles. The Morgan fingerprint density at radius 3 is 2.29 bits per heavy atom. The van der Waals surface area contributed by atoms with Gasteiger partial charge in [-0.15, -0.1) is 0 Å². The largest absolute Gasteiger partial charge is 0.345 e. The highest BCUT2D eigenvalue weighted by molar-refractivity contribution is 7.90. The molecular weight excluding hydrogens is 378 g/mol. The second kappa shape index (κ2) is 5.82. The van der Waals surface area contributed by atoms with Crippen LogP contribution in [0.5, 0.6) is 0 Å². The maximum Gasteiger partial charge on any atom is 0.268 e. The zero-order valence-corrected chi connectivity index (χ0v) is 18.7. The summed E-state index contributed by atoms with van der Waals surface area (Å²) in [5.74, 6) is -1.09. The van der Waals surface area contributed by atoms with Crippen molar-refractivity contribution in [1.82, 2.24) is 4.31 Å². The van der Waals surface area contributed by atoms with Crippen LogP contribution in [0.2, 0.25) is 0 Å². The van der Waals surface area contributed by atoms with Crippen molar-refractivity contribution in [2.24, 2.45) is 22.2 Å². The van der Waals surface area contributed by atoms with Crippen LogP contribution in [-0.4, -0.2) is 49.4 Å². The van der Waals surface area contributed by atoms with Crippen LogP contribution in [-0.2, 0) is 24.3 Å². The highest BCUT2D eigenvalue weighted by Crippen LogP contribution is 2.70. The number of amides is 1. The van der Waals surface area contributed by atoms with E-state index < -0.39 is 27.1 Å². The van der Waals surface area contributed by atoms with E-state index in [1.807, 2.05) is 33.8 Å². The van der Waals surface area contributed by atoms with E-state index in [1.54, 1.807) is 0 Å². The molecule has 1 spiro atoms. The molecule has 4 aliphatic rings. The van der Waals surface area contributed by atoms with Crippen LogP contribution in [0.25, 0.3) is 0 Å². The quantitative estimate of drug-likeness (QED) is 0.650. The number of sulfonamides is 1. The Labute approximate surface area is 168 Å². The van der Waals surface area contributed by atoms with Gasteiger partial charge in [0.25, 0.3) is 5.91 Å². The molecule has 0 radical (unpaired) electrons. The van der Waals surface area contributed by atoms with Crippen molar-refractivity contribution < 1.29 is 22.7 Å². The minimum Gasteiger partial charge on any atom is -0.345 e. The van der Waals surface area contributed by atoms with Crippen LogP contribution in [0.1, 0.15) is 60.8 Å². The van der Waals surface area contributed by atoms with E-state index >= 15 is 0 Å². The van der Waals surface area contributed by atoms with Gasteiger partial charge in [-0.2, -0.15) is 0 Å². The highest BCUT2D eigenvalue weighted by Gasteiger charge is 2.73. The molecule has 0 aromatic heterocycles. The third kappa shape index (κ3) is 2.16. The van der Waals surface area contributed by atoms with E-state index in [1.165, 1.54) is 4.31 Å². The first-order valence-corrected chi connectivity index (χ1v) is 12.1. The number of fused-ring (bicyclic) bond motifs is 1. The molecule has 0 unspecified atom stereocenters. The zero-order chi connectivity index (χ0) is 20.8. The monoisotopic (exact) mass is 411 g/mol. The fraction of sp³-hybridized carbons (Fsp3) is 0.857. The van der Waals surface area contributed by atoms with Crippen LogP contribution in [0.3, 0.4) is 0 Å². The summed E-state index contributed by atoms with van der Waals surface area (Å²) in [6, 6.07) is -0.246. The number of rotatable bonds is 5. The lowest BCUT2D eigenvalue weighted by molar-refractivity contribution is -0.269. The summed E-state index contributed by atoms with van der Waals surface area (Å²) in [4.78, 5) is 13.6. The van der Waals surface area contributed by atoms with E-state index in [-0.39, 0.29) is 22.6 Å². The second-order valence-electron chi connectivity index (χ2n) is 9.98. The Hall–Kier alpha value is -0.920. The SMILES string of the molecule is CCOC1(OCC)C(C(=O)N2[C@H]3C[C@@H]4CC[C@@]3(CS2(=O)=O)C4(C)C)=CC1(C)C. The van der Waals surface area contributed by atoms with Gasteiger partial charge in [-0.05, 0) is 44.4 Å². The van der Waals surface area contributed by atoms with Gasteiger partial charge >= 0.3 is 0 Å². The Bertz CT molecular complexity index is 837. The number of hydrogen-bond acceptors (Lipinski definition) is 5. The number of carbonyl (C=O) groups is 1. The van der Waals surface area contributed by atoms with Crippen LogP contribution >= 0.6 is 0 Å². The summed E-state index contributed by atoms with van der Waals surface area (Å²) in [5.41, 5.74) is -0.558. The molecule has 6 nitrogen and oxygen atoms in total. The van der Waals surface area contributed by atoms with Crippen LogP contribution in [0.4, 0.5) is 0 Å². The Morgan fingerprint density at radius 2 is 1.79 bits per heavy atom. The minimum absolute atomic E-state index is 0.0655. The maximum absolute atomic E-state index is 13.6. The molecule has 7 heteroatoms. The van der Waals surface area contributed by atoms with Crippen molar-refractivity contribution in [1.29, 1.82) is 0 Å². The standard InChI is InChI=1S/C21H33NO5S/c1-7-26-21(27-8-2)15(12-18(21,3)4)17(23)22-16-11-14-9-10-20(16,19(14,5)6)13-28(22,24)25/h12,14,16H,7-11,13H2,1-6H3/t14-,16-,20-/m0/s1. The van der Waals surface area contributed by atoms with Crippen molar-refractivity contribution in [2.75, 3.05) is 19.0 Å². The Morgan fingerprint density at radius 1 is 1.18 bits per heavy atom. The number of carbonyl (C=O) groups excluding carboxylic acids is 1. The fourth-order valence-corrected chi connectivity index (χ4v) is 9.20. The van der Waals surface area contributed by atoms with E-state index in [2.05, 4.69) is 13.8 Å². The lowest BCUT2D eigenvalue weighted by Gasteiger charge is -2.52. The average molecular weight is 412 g/mol. The van der Waals surface area contributed by atoms with E-state index in [4.69, 9.17) is 9.47 Å². The third-order valence-electron chi connectivity index (χ3n) is 8.24. The molecule has 0 aromatic carbocycles. The summed E-state index contributed by atoms with van der Waals surface area (Å²) < 4.78 is 39.6.